The molecule has 216 valence electrons. The SMILES string of the molecule is [C-]#[N+]c1ccc(-c2ccc3c(c2)c2cc4c(c5c2n3-c2ccc(C#N)cc2N5C(C)C)c2ccccc2n4-c2ccccc2)cc1. The number of hydrogen-bond acceptors (Lipinski definition) is 2. The zero-order chi connectivity index (χ0) is 31.1. The molecule has 0 saturated carbocycles. The zero-order valence-corrected chi connectivity index (χ0v) is 25.4. The molecule has 5 heteroatoms. The Morgan fingerprint density at radius 2 is 1.39 bits per heavy atom. The highest BCUT2D eigenvalue weighted by atomic mass is 15.2. The van der Waals surface area contributed by atoms with Crippen molar-refractivity contribution in [3.05, 3.63) is 138 Å². The Labute approximate surface area is 266 Å². The standard InChI is InChI=1S/C41H27N5/c1-25(2)44-37-21-26(24-42)13-19-36(37)46-35-20-16-28(27-14-17-29(43-3)18-15-27)22-32(35)33-23-38-39(41(44)40(33)46)31-11-7-8-12-34(31)45(38)30-9-5-4-6-10-30/h4-23,25H,1-2H3. The minimum atomic E-state index is 0.128. The molecule has 5 nitrogen and oxygen atoms in total. The third-order valence-corrected chi connectivity index (χ3v) is 9.37. The van der Waals surface area contributed by atoms with Crippen molar-refractivity contribution in [2.24, 2.45) is 0 Å². The summed E-state index contributed by atoms with van der Waals surface area (Å²) in [6.45, 7) is 11.8. The topological polar surface area (TPSA) is 41.2 Å². The largest absolute Gasteiger partial charge is 0.335 e. The van der Waals surface area contributed by atoms with E-state index < -0.39 is 0 Å². The molecule has 0 atom stereocenters. The smallest absolute Gasteiger partial charge is 0.187 e. The molecule has 0 amide bonds. The number of rotatable bonds is 3. The van der Waals surface area contributed by atoms with Crippen molar-refractivity contribution >= 4 is 60.7 Å². The molecular weight excluding hydrogens is 562 g/mol. The number of para-hydroxylation sites is 2. The lowest BCUT2D eigenvalue weighted by molar-refractivity contribution is 0.784. The van der Waals surface area contributed by atoms with Gasteiger partial charge in [-0.05, 0) is 79.6 Å². The van der Waals surface area contributed by atoms with Crippen LogP contribution in [0.1, 0.15) is 19.4 Å². The third-order valence-electron chi connectivity index (χ3n) is 9.37. The minimum absolute atomic E-state index is 0.128. The van der Waals surface area contributed by atoms with E-state index in [2.05, 4.69) is 124 Å². The molecule has 0 unspecified atom stereocenters. The molecule has 0 spiro atoms. The van der Waals surface area contributed by atoms with Gasteiger partial charge in [0.15, 0.2) is 5.69 Å². The fraction of sp³-hybridized carbons (Fsp3) is 0.0732. The van der Waals surface area contributed by atoms with E-state index in [1.807, 2.05) is 36.4 Å². The van der Waals surface area contributed by atoms with Gasteiger partial charge in [0, 0.05) is 33.3 Å². The molecular formula is C41H27N5. The summed E-state index contributed by atoms with van der Waals surface area (Å²) in [5, 5.41) is 14.7. The Morgan fingerprint density at radius 1 is 0.652 bits per heavy atom. The van der Waals surface area contributed by atoms with Gasteiger partial charge < -0.3 is 14.0 Å². The number of anilines is 2. The van der Waals surface area contributed by atoms with Crippen LogP contribution in [0.5, 0.6) is 0 Å². The molecule has 0 bridgehead atoms. The molecule has 46 heavy (non-hydrogen) atoms. The van der Waals surface area contributed by atoms with Gasteiger partial charge in [-0.3, -0.25) is 0 Å². The van der Waals surface area contributed by atoms with Crippen molar-refractivity contribution in [3.63, 3.8) is 0 Å². The highest BCUT2D eigenvalue weighted by Crippen LogP contribution is 2.53. The molecule has 9 rings (SSSR count). The fourth-order valence-electron chi connectivity index (χ4n) is 7.47. The Morgan fingerprint density at radius 3 is 2.15 bits per heavy atom. The molecule has 0 fully saturated rings. The highest BCUT2D eigenvalue weighted by Gasteiger charge is 2.33. The maximum Gasteiger partial charge on any atom is 0.187 e. The Bertz CT molecular complexity index is 2620. The average molecular weight is 590 g/mol. The van der Waals surface area contributed by atoms with E-state index in [1.165, 1.54) is 21.7 Å². The lowest BCUT2D eigenvalue weighted by atomic mass is 10.00. The van der Waals surface area contributed by atoms with Gasteiger partial charge in [-0.15, -0.1) is 0 Å². The first kappa shape index (κ1) is 26.1. The Kier molecular flexibility index (Phi) is 5.45. The van der Waals surface area contributed by atoms with Gasteiger partial charge in [0.2, 0.25) is 0 Å². The van der Waals surface area contributed by atoms with Gasteiger partial charge in [0.25, 0.3) is 0 Å². The van der Waals surface area contributed by atoms with Crippen molar-refractivity contribution in [3.8, 4) is 28.6 Å². The van der Waals surface area contributed by atoms with Crippen LogP contribution in [0.4, 0.5) is 17.1 Å². The van der Waals surface area contributed by atoms with Crippen molar-refractivity contribution in [2.45, 2.75) is 19.9 Å². The molecule has 3 heterocycles. The van der Waals surface area contributed by atoms with Crippen molar-refractivity contribution < 1.29 is 0 Å². The molecule has 2 aromatic heterocycles. The van der Waals surface area contributed by atoms with Crippen molar-refractivity contribution in [1.82, 2.24) is 9.13 Å². The van der Waals surface area contributed by atoms with Crippen LogP contribution in [0.15, 0.2) is 121 Å². The summed E-state index contributed by atoms with van der Waals surface area (Å²) in [5.41, 5.74) is 12.4. The molecule has 1 aliphatic heterocycles. The molecule has 0 aliphatic carbocycles. The summed E-state index contributed by atoms with van der Waals surface area (Å²) in [6, 6.07) is 44.7. The quantitative estimate of drug-likeness (QED) is 0.192. The summed E-state index contributed by atoms with van der Waals surface area (Å²) in [5.74, 6) is 0. The normalized spacial score (nSPS) is 12.2. The minimum Gasteiger partial charge on any atom is -0.335 e. The van der Waals surface area contributed by atoms with Crippen LogP contribution in [-0.4, -0.2) is 15.2 Å². The van der Waals surface area contributed by atoms with Crippen LogP contribution in [0.25, 0.3) is 71.0 Å². The number of nitrogens with zero attached hydrogens (tertiary/aromatic N) is 5. The first-order chi connectivity index (χ1) is 22.6. The summed E-state index contributed by atoms with van der Waals surface area (Å²) >= 11 is 0. The summed E-state index contributed by atoms with van der Waals surface area (Å²) in [6.07, 6.45) is 0. The summed E-state index contributed by atoms with van der Waals surface area (Å²) < 4.78 is 4.78. The first-order valence-electron chi connectivity index (χ1n) is 15.5. The van der Waals surface area contributed by atoms with Crippen molar-refractivity contribution in [2.75, 3.05) is 4.90 Å². The van der Waals surface area contributed by atoms with Gasteiger partial charge in [0.1, 0.15) is 0 Å². The molecule has 1 aliphatic rings. The lowest BCUT2D eigenvalue weighted by Gasteiger charge is -2.36. The Balaban J connectivity index is 1.51. The molecule has 6 aromatic carbocycles. The van der Waals surface area contributed by atoms with Crippen LogP contribution >= 0.6 is 0 Å². The number of hydrogen-bond donors (Lipinski definition) is 0. The van der Waals surface area contributed by atoms with Crippen LogP contribution in [0.2, 0.25) is 0 Å². The Hall–Kier alpha value is -6.30. The van der Waals surface area contributed by atoms with E-state index >= 15 is 0 Å². The van der Waals surface area contributed by atoms with E-state index in [4.69, 9.17) is 6.57 Å². The predicted molar refractivity (Wildman–Crippen MR) is 189 cm³/mol. The van der Waals surface area contributed by atoms with Gasteiger partial charge >= 0.3 is 0 Å². The highest BCUT2D eigenvalue weighted by molar-refractivity contribution is 6.28. The number of nitriles is 1. The van der Waals surface area contributed by atoms with Gasteiger partial charge in [-0.1, -0.05) is 66.7 Å². The second-order valence-electron chi connectivity index (χ2n) is 12.2. The maximum atomic E-state index is 9.96. The summed E-state index contributed by atoms with van der Waals surface area (Å²) in [7, 11) is 0. The van der Waals surface area contributed by atoms with Gasteiger partial charge in [0.05, 0.1) is 57.3 Å². The van der Waals surface area contributed by atoms with Crippen LogP contribution in [-0.2, 0) is 0 Å². The zero-order valence-electron chi connectivity index (χ0n) is 25.4. The van der Waals surface area contributed by atoms with E-state index in [9.17, 15) is 5.26 Å². The maximum absolute atomic E-state index is 9.96. The molecule has 0 N–H and O–H groups in total. The van der Waals surface area contributed by atoms with E-state index in [-0.39, 0.29) is 6.04 Å². The second-order valence-corrected chi connectivity index (χ2v) is 12.2. The predicted octanol–water partition coefficient (Wildman–Crippen LogP) is 10.8. The molecule has 0 saturated heterocycles. The third kappa shape index (κ3) is 3.49. The van der Waals surface area contributed by atoms with Crippen molar-refractivity contribution in [1.29, 1.82) is 5.26 Å². The molecule has 8 aromatic rings. The number of fused-ring (bicyclic) bond motifs is 9. The van der Waals surface area contributed by atoms with E-state index in [0.717, 1.165) is 55.8 Å². The number of aromatic nitrogens is 2. The summed E-state index contributed by atoms with van der Waals surface area (Å²) in [4.78, 5) is 6.02. The number of benzene rings is 6. The van der Waals surface area contributed by atoms with Gasteiger partial charge in [-0.25, -0.2) is 4.85 Å². The second kappa shape index (κ2) is 9.60. The monoisotopic (exact) mass is 589 g/mol. The molecule has 0 radical (unpaired) electrons. The lowest BCUT2D eigenvalue weighted by Crippen LogP contribution is -2.29. The van der Waals surface area contributed by atoms with Crippen LogP contribution in [0.3, 0.4) is 0 Å². The van der Waals surface area contributed by atoms with Crippen LogP contribution in [0, 0.1) is 17.9 Å². The average Bonchev–Trinajstić information content (AvgIpc) is 3.61. The first-order valence-corrected chi connectivity index (χ1v) is 15.5. The fourth-order valence-corrected chi connectivity index (χ4v) is 7.47. The van der Waals surface area contributed by atoms with Crippen LogP contribution < -0.4 is 4.90 Å². The van der Waals surface area contributed by atoms with E-state index in [1.54, 1.807) is 0 Å². The van der Waals surface area contributed by atoms with Gasteiger partial charge in [-0.2, -0.15) is 5.26 Å². The van der Waals surface area contributed by atoms with E-state index in [0.29, 0.717) is 11.3 Å².